The lowest BCUT2D eigenvalue weighted by Crippen LogP contribution is -2.30. The summed E-state index contributed by atoms with van der Waals surface area (Å²) >= 11 is 0. The highest BCUT2D eigenvalue weighted by Crippen LogP contribution is 2.25. The highest BCUT2D eigenvalue weighted by Gasteiger charge is 2.22. The van der Waals surface area contributed by atoms with Gasteiger partial charge in [-0.2, -0.15) is 5.26 Å². The van der Waals surface area contributed by atoms with Crippen molar-refractivity contribution >= 4 is 17.3 Å². The van der Waals surface area contributed by atoms with E-state index in [0.29, 0.717) is 17.9 Å². The lowest BCUT2D eigenvalue weighted by molar-refractivity contribution is -0.123. The fourth-order valence-electron chi connectivity index (χ4n) is 2.31. The molecule has 1 aliphatic heterocycles. The topological polar surface area (TPSA) is 74.2 Å². The second-order valence-corrected chi connectivity index (χ2v) is 5.20. The van der Waals surface area contributed by atoms with Crippen molar-refractivity contribution in [2.45, 2.75) is 26.2 Å². The molecule has 1 atom stereocenters. The molecule has 0 bridgehead atoms. The lowest BCUT2D eigenvalue weighted by Gasteiger charge is -2.22. The van der Waals surface area contributed by atoms with Crippen LogP contribution in [0.5, 0.6) is 0 Å². The van der Waals surface area contributed by atoms with Crippen molar-refractivity contribution in [1.29, 1.82) is 5.26 Å². The van der Waals surface area contributed by atoms with Gasteiger partial charge in [-0.3, -0.25) is 4.79 Å². The van der Waals surface area contributed by atoms with Gasteiger partial charge in [-0.05, 0) is 37.5 Å². The maximum absolute atomic E-state index is 12.3. The van der Waals surface area contributed by atoms with Crippen LogP contribution in [0.2, 0.25) is 0 Å². The molecule has 0 aliphatic carbocycles. The summed E-state index contributed by atoms with van der Waals surface area (Å²) in [5.74, 6) is -0.146. The van der Waals surface area contributed by atoms with Gasteiger partial charge in [-0.25, -0.2) is 0 Å². The molecule has 0 aromatic heterocycles. The average molecular weight is 287 g/mol. The van der Waals surface area contributed by atoms with Crippen molar-refractivity contribution in [1.82, 2.24) is 0 Å². The minimum absolute atomic E-state index is 0.0376. The molecular formula is C16H21N3O2. The maximum Gasteiger partial charge on any atom is 0.229 e. The van der Waals surface area contributed by atoms with E-state index in [1.807, 2.05) is 6.07 Å². The molecule has 2 rings (SSSR count). The van der Waals surface area contributed by atoms with Gasteiger partial charge in [0.1, 0.15) is 0 Å². The molecule has 1 aromatic carbocycles. The van der Waals surface area contributed by atoms with Gasteiger partial charge in [0.05, 0.1) is 35.5 Å². The number of hydrogen-bond acceptors (Lipinski definition) is 4. The number of rotatable bonds is 5. The molecule has 1 aromatic rings. The Kier molecular flexibility index (Phi) is 5.59. The van der Waals surface area contributed by atoms with Gasteiger partial charge in [-0.15, -0.1) is 0 Å². The predicted molar refractivity (Wildman–Crippen MR) is 82.1 cm³/mol. The zero-order valence-electron chi connectivity index (χ0n) is 12.3. The second kappa shape index (κ2) is 7.65. The number of nitrogens with zero attached hydrogens (tertiary/aromatic N) is 1. The van der Waals surface area contributed by atoms with Crippen molar-refractivity contribution in [2.75, 3.05) is 30.4 Å². The number of amides is 1. The van der Waals surface area contributed by atoms with E-state index < -0.39 is 0 Å². The first-order valence-corrected chi connectivity index (χ1v) is 7.41. The van der Waals surface area contributed by atoms with Gasteiger partial charge in [-0.1, -0.05) is 6.92 Å². The Labute approximate surface area is 125 Å². The molecule has 5 nitrogen and oxygen atoms in total. The minimum Gasteiger partial charge on any atom is -0.383 e. The first kappa shape index (κ1) is 15.3. The minimum atomic E-state index is -0.108. The highest BCUT2D eigenvalue weighted by atomic mass is 16.5. The summed E-state index contributed by atoms with van der Waals surface area (Å²) in [7, 11) is 0. The number of ether oxygens (including phenoxy) is 1. The summed E-state index contributed by atoms with van der Waals surface area (Å²) in [6.45, 7) is 4.11. The summed E-state index contributed by atoms with van der Waals surface area (Å²) in [4.78, 5) is 12.3. The number of anilines is 2. The lowest BCUT2D eigenvalue weighted by atomic mass is 10.0. The van der Waals surface area contributed by atoms with Gasteiger partial charge in [0.15, 0.2) is 0 Å². The van der Waals surface area contributed by atoms with Crippen molar-refractivity contribution < 1.29 is 9.53 Å². The molecule has 1 heterocycles. The number of nitriles is 1. The van der Waals surface area contributed by atoms with Crippen LogP contribution in [0.25, 0.3) is 0 Å². The van der Waals surface area contributed by atoms with Crippen LogP contribution in [-0.2, 0) is 9.53 Å². The summed E-state index contributed by atoms with van der Waals surface area (Å²) in [5, 5.41) is 15.2. The van der Waals surface area contributed by atoms with E-state index in [2.05, 4.69) is 23.6 Å². The molecule has 1 aliphatic rings. The second-order valence-electron chi connectivity index (χ2n) is 5.20. The summed E-state index contributed by atoms with van der Waals surface area (Å²) in [6, 6.07) is 7.39. The van der Waals surface area contributed by atoms with Gasteiger partial charge < -0.3 is 15.4 Å². The molecule has 1 amide bonds. The number of nitrogens with one attached hydrogen (secondary N) is 2. The Balaban J connectivity index is 2.12. The molecule has 1 saturated heterocycles. The van der Waals surface area contributed by atoms with E-state index in [4.69, 9.17) is 10.00 Å². The van der Waals surface area contributed by atoms with E-state index in [1.54, 1.807) is 12.1 Å². The van der Waals surface area contributed by atoms with E-state index in [1.165, 1.54) is 0 Å². The monoisotopic (exact) mass is 287 g/mol. The highest BCUT2D eigenvalue weighted by molar-refractivity contribution is 5.96. The quantitative estimate of drug-likeness (QED) is 0.873. The van der Waals surface area contributed by atoms with Crippen LogP contribution in [-0.4, -0.2) is 25.7 Å². The average Bonchev–Trinajstić information content (AvgIpc) is 2.54. The van der Waals surface area contributed by atoms with Gasteiger partial charge >= 0.3 is 0 Å². The Morgan fingerprint density at radius 2 is 2.33 bits per heavy atom. The van der Waals surface area contributed by atoms with E-state index in [-0.39, 0.29) is 11.8 Å². The molecule has 0 saturated carbocycles. The fraction of sp³-hybridized carbons (Fsp3) is 0.500. The smallest absolute Gasteiger partial charge is 0.229 e. The Hall–Kier alpha value is -2.06. The molecule has 0 spiro atoms. The van der Waals surface area contributed by atoms with Gasteiger partial charge in [0.2, 0.25) is 5.91 Å². The molecule has 2 N–H and O–H groups in total. The molecular weight excluding hydrogens is 266 g/mol. The van der Waals surface area contributed by atoms with E-state index >= 15 is 0 Å². The van der Waals surface area contributed by atoms with Crippen molar-refractivity contribution in [3.8, 4) is 6.07 Å². The van der Waals surface area contributed by atoms with E-state index in [9.17, 15) is 4.79 Å². The van der Waals surface area contributed by atoms with Crippen LogP contribution in [0.15, 0.2) is 18.2 Å². The molecule has 1 unspecified atom stereocenters. The standard InChI is InChI=1S/C16H21N3O2/c1-2-7-18-14-6-5-12(10-17)9-15(14)19-16(20)13-4-3-8-21-11-13/h5-6,9,13,18H,2-4,7-8,11H2,1H3,(H,19,20). The molecule has 1 fully saturated rings. The molecule has 0 radical (unpaired) electrons. The number of carbonyl (C=O) groups excluding carboxylic acids is 1. The maximum atomic E-state index is 12.3. The Morgan fingerprint density at radius 3 is 3.00 bits per heavy atom. The van der Waals surface area contributed by atoms with Crippen LogP contribution in [0.3, 0.4) is 0 Å². The first-order chi connectivity index (χ1) is 10.2. The summed E-state index contributed by atoms with van der Waals surface area (Å²) in [6.07, 6.45) is 2.75. The van der Waals surface area contributed by atoms with Crippen LogP contribution in [0.4, 0.5) is 11.4 Å². The predicted octanol–water partition coefficient (Wildman–Crippen LogP) is 2.75. The van der Waals surface area contributed by atoms with E-state index in [0.717, 1.165) is 38.1 Å². The number of hydrogen-bond donors (Lipinski definition) is 2. The van der Waals surface area contributed by atoms with Crippen LogP contribution in [0, 0.1) is 17.2 Å². The van der Waals surface area contributed by atoms with Crippen LogP contribution >= 0.6 is 0 Å². The summed E-state index contributed by atoms with van der Waals surface area (Å²) in [5.41, 5.74) is 2.05. The molecule has 5 heteroatoms. The largest absolute Gasteiger partial charge is 0.383 e. The third-order valence-corrected chi connectivity index (χ3v) is 3.50. The third-order valence-electron chi connectivity index (χ3n) is 3.50. The number of benzene rings is 1. The summed E-state index contributed by atoms with van der Waals surface area (Å²) < 4.78 is 5.35. The Morgan fingerprint density at radius 1 is 1.48 bits per heavy atom. The number of carbonyl (C=O) groups is 1. The van der Waals surface area contributed by atoms with Crippen molar-refractivity contribution in [3.63, 3.8) is 0 Å². The zero-order valence-corrected chi connectivity index (χ0v) is 12.3. The SMILES string of the molecule is CCCNc1ccc(C#N)cc1NC(=O)C1CCCOC1. The van der Waals surface area contributed by atoms with Crippen molar-refractivity contribution in [2.24, 2.45) is 5.92 Å². The normalized spacial score (nSPS) is 17.8. The fourth-order valence-corrected chi connectivity index (χ4v) is 2.31. The van der Waals surface area contributed by atoms with Gasteiger partial charge in [0.25, 0.3) is 0 Å². The Bertz CT molecular complexity index is 531. The van der Waals surface area contributed by atoms with Crippen molar-refractivity contribution in [3.05, 3.63) is 23.8 Å². The molecule has 112 valence electrons. The van der Waals surface area contributed by atoms with Gasteiger partial charge in [0, 0.05) is 13.2 Å². The first-order valence-electron chi connectivity index (χ1n) is 7.41. The van der Waals surface area contributed by atoms with Crippen LogP contribution in [0.1, 0.15) is 31.7 Å². The molecule has 21 heavy (non-hydrogen) atoms. The third kappa shape index (κ3) is 4.20. The zero-order chi connectivity index (χ0) is 15.1. The van der Waals surface area contributed by atoms with Crippen LogP contribution < -0.4 is 10.6 Å².